The molecule has 0 spiro atoms. The topological polar surface area (TPSA) is 115 Å². The number of rotatable bonds is 6. The highest BCUT2D eigenvalue weighted by molar-refractivity contribution is 6.30. The zero-order valence-corrected chi connectivity index (χ0v) is 19.2. The summed E-state index contributed by atoms with van der Waals surface area (Å²) in [5, 5.41) is 8.37. The number of nitrogens with zero attached hydrogens (tertiary/aromatic N) is 3. The number of nitrogens with two attached hydrogens (primary N) is 1. The summed E-state index contributed by atoms with van der Waals surface area (Å²) < 4.78 is 1.56. The molecular formula is C24H27ClN6O2. The van der Waals surface area contributed by atoms with Gasteiger partial charge < -0.3 is 16.4 Å². The largest absolute Gasteiger partial charge is 0.383 e. The summed E-state index contributed by atoms with van der Waals surface area (Å²) in [6.45, 7) is 2.38. The van der Waals surface area contributed by atoms with E-state index in [1.54, 1.807) is 10.8 Å². The number of pyridine rings is 1. The lowest BCUT2D eigenvalue weighted by atomic mass is 9.93. The smallest absolute Gasteiger partial charge is 0.294 e. The van der Waals surface area contributed by atoms with E-state index < -0.39 is 6.04 Å². The number of hydrogen-bond acceptors (Lipinski definition) is 6. The molecule has 5 rings (SSSR count). The fraction of sp³-hybridized carbons (Fsp3) is 0.417. The van der Waals surface area contributed by atoms with Crippen LogP contribution in [0.5, 0.6) is 0 Å². The molecule has 0 saturated heterocycles. The minimum Gasteiger partial charge on any atom is -0.383 e. The van der Waals surface area contributed by atoms with Gasteiger partial charge in [-0.3, -0.25) is 14.2 Å². The SMILES string of the molecule is CCC1CC(C(=O)NCc2ccc3c(N)nccc3c2)n2c1c(Cl)nc(NC1CCC1)c2=O. The number of carbonyl (C=O) groups excluding carboxylic acids is 1. The average Bonchev–Trinajstić information content (AvgIpc) is 3.18. The maximum atomic E-state index is 13.3. The summed E-state index contributed by atoms with van der Waals surface area (Å²) in [5.41, 5.74) is 7.27. The molecule has 2 unspecified atom stereocenters. The summed E-state index contributed by atoms with van der Waals surface area (Å²) in [6, 6.07) is 7.34. The highest BCUT2D eigenvalue weighted by atomic mass is 35.5. The third-order valence-corrected chi connectivity index (χ3v) is 7.15. The Morgan fingerprint density at radius 1 is 1.30 bits per heavy atom. The van der Waals surface area contributed by atoms with Crippen molar-refractivity contribution < 1.29 is 4.79 Å². The summed E-state index contributed by atoms with van der Waals surface area (Å²) in [4.78, 5) is 35.0. The van der Waals surface area contributed by atoms with Gasteiger partial charge in [0.05, 0.1) is 5.69 Å². The van der Waals surface area contributed by atoms with Crippen molar-refractivity contribution in [3.63, 3.8) is 0 Å². The number of nitrogens with one attached hydrogen (secondary N) is 2. The molecule has 1 saturated carbocycles. The third-order valence-electron chi connectivity index (χ3n) is 6.88. The van der Waals surface area contributed by atoms with E-state index in [9.17, 15) is 9.59 Å². The fourth-order valence-electron chi connectivity index (χ4n) is 4.78. The Balaban J connectivity index is 1.39. The molecule has 2 aliphatic rings. The molecule has 8 nitrogen and oxygen atoms in total. The van der Waals surface area contributed by atoms with Crippen LogP contribution in [0.15, 0.2) is 35.3 Å². The van der Waals surface area contributed by atoms with Crippen LogP contribution in [0.1, 0.15) is 62.2 Å². The minimum atomic E-state index is -0.611. The molecule has 1 fully saturated rings. The number of fused-ring (bicyclic) bond motifs is 2. The highest BCUT2D eigenvalue weighted by Crippen LogP contribution is 2.40. The lowest BCUT2D eigenvalue weighted by Crippen LogP contribution is -2.38. The predicted molar refractivity (Wildman–Crippen MR) is 129 cm³/mol. The van der Waals surface area contributed by atoms with E-state index in [1.165, 1.54) is 0 Å². The fourth-order valence-corrected chi connectivity index (χ4v) is 5.11. The first-order valence-electron chi connectivity index (χ1n) is 11.5. The minimum absolute atomic E-state index is 0.0161. The summed E-state index contributed by atoms with van der Waals surface area (Å²) in [5.74, 6) is 0.541. The van der Waals surface area contributed by atoms with E-state index in [-0.39, 0.29) is 29.2 Å². The second-order valence-corrected chi connectivity index (χ2v) is 9.27. The summed E-state index contributed by atoms with van der Waals surface area (Å²) in [7, 11) is 0. The molecule has 3 aromatic rings. The van der Waals surface area contributed by atoms with Gasteiger partial charge in [-0.05, 0) is 55.2 Å². The first-order chi connectivity index (χ1) is 16.0. The number of nitrogen functional groups attached to an aromatic ring is 1. The number of amides is 1. The Labute approximate surface area is 196 Å². The number of carbonyl (C=O) groups is 1. The van der Waals surface area contributed by atoms with Crippen molar-refractivity contribution >= 4 is 39.9 Å². The molecule has 3 heterocycles. The highest BCUT2D eigenvalue weighted by Gasteiger charge is 2.38. The van der Waals surface area contributed by atoms with Crippen LogP contribution in [0, 0.1) is 0 Å². The Kier molecular flexibility index (Phi) is 5.70. The molecular weight excluding hydrogens is 440 g/mol. The van der Waals surface area contributed by atoms with Gasteiger partial charge in [-0.2, -0.15) is 0 Å². The molecule has 1 aliphatic carbocycles. The summed E-state index contributed by atoms with van der Waals surface area (Å²) >= 11 is 6.52. The molecule has 1 amide bonds. The van der Waals surface area contributed by atoms with Gasteiger partial charge >= 0.3 is 0 Å². The van der Waals surface area contributed by atoms with Crippen molar-refractivity contribution in [3.05, 3.63) is 57.2 Å². The van der Waals surface area contributed by atoms with Crippen molar-refractivity contribution in [2.75, 3.05) is 11.1 Å². The molecule has 172 valence electrons. The number of hydrogen-bond donors (Lipinski definition) is 3. The maximum absolute atomic E-state index is 13.3. The maximum Gasteiger partial charge on any atom is 0.294 e. The Morgan fingerprint density at radius 2 is 2.12 bits per heavy atom. The number of halogens is 1. The number of aromatic nitrogens is 3. The van der Waals surface area contributed by atoms with Crippen LogP contribution >= 0.6 is 11.6 Å². The first-order valence-corrected chi connectivity index (χ1v) is 11.8. The Morgan fingerprint density at radius 3 is 2.85 bits per heavy atom. The van der Waals surface area contributed by atoms with Crippen LogP contribution in [-0.2, 0) is 11.3 Å². The second-order valence-electron chi connectivity index (χ2n) is 8.91. The summed E-state index contributed by atoms with van der Waals surface area (Å²) in [6.07, 6.45) is 6.13. The molecule has 4 N–H and O–H groups in total. The first kappa shape index (κ1) is 21.7. The zero-order chi connectivity index (χ0) is 23.1. The van der Waals surface area contributed by atoms with Gasteiger partial charge in [0.2, 0.25) is 5.91 Å². The van der Waals surface area contributed by atoms with Gasteiger partial charge in [0.1, 0.15) is 11.9 Å². The lowest BCUT2D eigenvalue weighted by Gasteiger charge is -2.27. The molecule has 0 radical (unpaired) electrons. The van der Waals surface area contributed by atoms with Crippen molar-refractivity contribution in [1.82, 2.24) is 19.9 Å². The van der Waals surface area contributed by atoms with Crippen LogP contribution in [-0.4, -0.2) is 26.5 Å². The van der Waals surface area contributed by atoms with Crippen molar-refractivity contribution in [2.45, 2.75) is 63.6 Å². The predicted octanol–water partition coefficient (Wildman–Crippen LogP) is 3.75. The van der Waals surface area contributed by atoms with Gasteiger partial charge in [-0.15, -0.1) is 0 Å². The van der Waals surface area contributed by atoms with E-state index in [4.69, 9.17) is 17.3 Å². The van der Waals surface area contributed by atoms with Gasteiger partial charge in [-0.25, -0.2) is 9.97 Å². The van der Waals surface area contributed by atoms with E-state index >= 15 is 0 Å². The number of anilines is 2. The monoisotopic (exact) mass is 466 g/mol. The van der Waals surface area contributed by atoms with Crippen molar-refractivity contribution in [3.8, 4) is 0 Å². The molecule has 9 heteroatoms. The molecule has 2 atom stereocenters. The van der Waals surface area contributed by atoms with Crippen LogP contribution in [0.3, 0.4) is 0 Å². The quantitative estimate of drug-likeness (QED) is 0.509. The molecule has 1 aromatic carbocycles. The molecule has 0 bridgehead atoms. The standard InChI is InChI=1S/C24H27ClN6O2/c1-2-14-11-18(31-19(14)20(25)30-22(24(31)33)29-16-4-3-5-16)23(32)28-12-13-6-7-17-15(10-13)8-9-27-21(17)26/h6-10,14,16,18H,2-5,11-12H2,1H3,(H2,26,27)(H,28,32)(H,29,30). The van der Waals surface area contributed by atoms with Crippen molar-refractivity contribution in [1.29, 1.82) is 0 Å². The van der Waals surface area contributed by atoms with E-state index in [2.05, 4.69) is 20.6 Å². The van der Waals surface area contributed by atoms with Gasteiger partial charge in [0, 0.05) is 30.1 Å². The van der Waals surface area contributed by atoms with Gasteiger partial charge in [0.15, 0.2) is 11.0 Å². The molecule has 33 heavy (non-hydrogen) atoms. The van der Waals surface area contributed by atoms with E-state index in [0.29, 0.717) is 29.6 Å². The molecule has 1 aliphatic heterocycles. The Bertz CT molecular complexity index is 1290. The average molecular weight is 467 g/mol. The zero-order valence-electron chi connectivity index (χ0n) is 18.5. The van der Waals surface area contributed by atoms with E-state index in [1.807, 2.05) is 31.2 Å². The third kappa shape index (κ3) is 3.93. The van der Waals surface area contributed by atoms with Gasteiger partial charge in [0.25, 0.3) is 5.56 Å². The Hall–Kier alpha value is -3.13. The normalized spacial score (nSPS) is 19.8. The van der Waals surface area contributed by atoms with E-state index in [0.717, 1.165) is 42.0 Å². The van der Waals surface area contributed by atoms with Crippen LogP contribution in [0.2, 0.25) is 5.15 Å². The van der Waals surface area contributed by atoms with Crippen LogP contribution < -0.4 is 21.9 Å². The second kappa shape index (κ2) is 8.67. The van der Waals surface area contributed by atoms with Crippen LogP contribution in [0.25, 0.3) is 10.8 Å². The van der Waals surface area contributed by atoms with Crippen molar-refractivity contribution in [2.24, 2.45) is 0 Å². The molecule has 2 aromatic heterocycles. The van der Waals surface area contributed by atoms with Gasteiger partial charge in [-0.1, -0.05) is 30.7 Å². The number of benzene rings is 1. The lowest BCUT2D eigenvalue weighted by molar-refractivity contribution is -0.124. The van der Waals surface area contributed by atoms with Crippen LogP contribution in [0.4, 0.5) is 11.6 Å².